The smallest absolute Gasteiger partial charge is 0.251 e. The van der Waals surface area contributed by atoms with Crippen molar-refractivity contribution in [3.63, 3.8) is 0 Å². The van der Waals surface area contributed by atoms with Gasteiger partial charge in [0.2, 0.25) is 0 Å². The second-order valence-electron chi connectivity index (χ2n) is 6.84. The molecule has 1 aliphatic rings. The number of thiophene rings is 1. The van der Waals surface area contributed by atoms with Crippen molar-refractivity contribution in [2.24, 2.45) is 5.92 Å². The summed E-state index contributed by atoms with van der Waals surface area (Å²) in [7, 11) is 0. The third-order valence-electron chi connectivity index (χ3n) is 5.05. The molecule has 132 valence electrons. The van der Waals surface area contributed by atoms with Crippen LogP contribution in [0.2, 0.25) is 0 Å². The highest BCUT2D eigenvalue weighted by atomic mass is 32.1. The molecular formula is C22H21NO2S. The number of nitrogens with one attached hydrogen (secondary N) is 1. The van der Waals surface area contributed by atoms with Gasteiger partial charge in [0.1, 0.15) is 5.60 Å². The second-order valence-corrected chi connectivity index (χ2v) is 7.62. The molecule has 0 saturated heterocycles. The molecule has 1 aromatic heterocycles. The van der Waals surface area contributed by atoms with Gasteiger partial charge in [-0.1, -0.05) is 42.5 Å². The molecule has 1 unspecified atom stereocenters. The number of hydrogen-bond donors (Lipinski definition) is 2. The first-order valence-electron chi connectivity index (χ1n) is 8.85. The minimum Gasteiger partial charge on any atom is -0.383 e. The molecule has 1 heterocycles. The Morgan fingerprint density at radius 3 is 2.38 bits per heavy atom. The highest BCUT2D eigenvalue weighted by Gasteiger charge is 2.45. The fourth-order valence-corrected chi connectivity index (χ4v) is 3.99. The van der Waals surface area contributed by atoms with Crippen LogP contribution in [-0.2, 0) is 5.60 Å². The molecule has 3 nitrogen and oxygen atoms in total. The normalized spacial score (nSPS) is 16.0. The van der Waals surface area contributed by atoms with Crippen LogP contribution in [0.4, 0.5) is 0 Å². The number of aliphatic hydroxyl groups is 1. The highest BCUT2D eigenvalue weighted by molar-refractivity contribution is 7.08. The van der Waals surface area contributed by atoms with Crippen LogP contribution in [0.25, 0.3) is 11.1 Å². The molecule has 4 heteroatoms. The predicted octanol–water partition coefficient (Wildman–Crippen LogP) is 4.44. The molecule has 1 aliphatic carbocycles. The van der Waals surface area contributed by atoms with Gasteiger partial charge in [-0.05, 0) is 64.4 Å². The van der Waals surface area contributed by atoms with E-state index in [2.05, 4.69) is 16.8 Å². The average Bonchev–Trinajstić information content (AvgIpc) is 3.42. The van der Waals surface area contributed by atoms with Crippen LogP contribution < -0.4 is 5.32 Å². The fraction of sp³-hybridized carbons (Fsp3) is 0.227. The number of carbonyl (C=O) groups is 1. The first kappa shape index (κ1) is 17.0. The van der Waals surface area contributed by atoms with Gasteiger partial charge in [-0.3, -0.25) is 4.79 Å². The van der Waals surface area contributed by atoms with Gasteiger partial charge in [0.05, 0.1) is 6.54 Å². The zero-order valence-corrected chi connectivity index (χ0v) is 15.2. The van der Waals surface area contributed by atoms with Gasteiger partial charge in [0.25, 0.3) is 5.91 Å². The lowest BCUT2D eigenvalue weighted by Gasteiger charge is -2.29. The third-order valence-corrected chi connectivity index (χ3v) is 5.73. The van der Waals surface area contributed by atoms with E-state index in [1.165, 1.54) is 0 Å². The molecule has 1 saturated carbocycles. The van der Waals surface area contributed by atoms with Crippen molar-refractivity contribution in [1.29, 1.82) is 0 Å². The Labute approximate surface area is 157 Å². The van der Waals surface area contributed by atoms with Crippen LogP contribution >= 0.6 is 11.3 Å². The van der Waals surface area contributed by atoms with Crippen LogP contribution in [0.15, 0.2) is 71.4 Å². The maximum Gasteiger partial charge on any atom is 0.251 e. The maximum absolute atomic E-state index is 12.5. The van der Waals surface area contributed by atoms with Crippen molar-refractivity contribution < 1.29 is 9.90 Å². The van der Waals surface area contributed by atoms with Crippen molar-refractivity contribution in [3.8, 4) is 11.1 Å². The van der Waals surface area contributed by atoms with Crippen molar-refractivity contribution in [3.05, 3.63) is 82.6 Å². The maximum atomic E-state index is 12.5. The van der Waals surface area contributed by atoms with Gasteiger partial charge in [-0.2, -0.15) is 11.3 Å². The average molecular weight is 363 g/mol. The number of carbonyl (C=O) groups excluding carboxylic acids is 1. The highest BCUT2D eigenvalue weighted by Crippen LogP contribution is 2.45. The fourth-order valence-electron chi connectivity index (χ4n) is 3.33. The summed E-state index contributed by atoms with van der Waals surface area (Å²) >= 11 is 1.66. The van der Waals surface area contributed by atoms with E-state index in [0.29, 0.717) is 5.56 Å². The predicted molar refractivity (Wildman–Crippen MR) is 105 cm³/mol. The van der Waals surface area contributed by atoms with Crippen LogP contribution in [-0.4, -0.2) is 17.6 Å². The minimum atomic E-state index is -0.993. The van der Waals surface area contributed by atoms with Gasteiger partial charge in [-0.25, -0.2) is 0 Å². The zero-order valence-electron chi connectivity index (χ0n) is 14.4. The quantitative estimate of drug-likeness (QED) is 0.680. The molecule has 1 amide bonds. The third kappa shape index (κ3) is 3.43. The molecule has 2 aromatic carbocycles. The largest absolute Gasteiger partial charge is 0.383 e. The lowest BCUT2D eigenvalue weighted by Crippen LogP contribution is -2.42. The molecule has 1 atom stereocenters. The molecule has 0 bridgehead atoms. The molecule has 0 spiro atoms. The molecule has 1 fully saturated rings. The van der Waals surface area contributed by atoms with E-state index in [9.17, 15) is 9.90 Å². The zero-order chi connectivity index (χ0) is 18.0. The number of hydrogen-bond acceptors (Lipinski definition) is 3. The van der Waals surface area contributed by atoms with E-state index in [1.807, 2.05) is 60.0 Å². The van der Waals surface area contributed by atoms with Gasteiger partial charge in [0, 0.05) is 5.56 Å². The van der Waals surface area contributed by atoms with E-state index < -0.39 is 5.60 Å². The van der Waals surface area contributed by atoms with Gasteiger partial charge in [-0.15, -0.1) is 0 Å². The lowest BCUT2D eigenvalue weighted by molar-refractivity contribution is 0.0135. The summed E-state index contributed by atoms with van der Waals surface area (Å²) < 4.78 is 0. The van der Waals surface area contributed by atoms with E-state index in [1.54, 1.807) is 11.3 Å². The number of amides is 1. The van der Waals surface area contributed by atoms with Crippen molar-refractivity contribution >= 4 is 17.2 Å². The first-order chi connectivity index (χ1) is 12.7. The Balaban J connectivity index is 1.46. The standard InChI is InChI=1S/C22H21NO2S/c24-21(17-8-6-16(7-9-17)18-12-13-26-14-18)23-15-22(25,20-10-11-20)19-4-2-1-3-5-19/h1-9,12-14,20,25H,10-11,15H2,(H,23,24). The first-order valence-corrected chi connectivity index (χ1v) is 9.80. The summed E-state index contributed by atoms with van der Waals surface area (Å²) in [6.45, 7) is 0.229. The van der Waals surface area contributed by atoms with E-state index in [-0.39, 0.29) is 18.4 Å². The van der Waals surface area contributed by atoms with Crippen LogP contribution in [0.5, 0.6) is 0 Å². The molecular weight excluding hydrogens is 342 g/mol. The summed E-state index contributed by atoms with van der Waals surface area (Å²) in [6, 6.07) is 19.3. The summed E-state index contributed by atoms with van der Waals surface area (Å²) in [5, 5.41) is 18.2. The Morgan fingerprint density at radius 2 is 1.77 bits per heavy atom. The topological polar surface area (TPSA) is 49.3 Å². The summed E-state index contributed by atoms with van der Waals surface area (Å²) in [5.41, 5.74) is 2.74. The summed E-state index contributed by atoms with van der Waals surface area (Å²) in [5.74, 6) is 0.0584. The molecule has 26 heavy (non-hydrogen) atoms. The Morgan fingerprint density at radius 1 is 1.04 bits per heavy atom. The SMILES string of the molecule is O=C(NCC(O)(c1ccccc1)C1CC1)c1ccc(-c2ccsc2)cc1. The van der Waals surface area contributed by atoms with Crippen LogP contribution in [0, 0.1) is 5.92 Å². The van der Waals surface area contributed by atoms with E-state index in [4.69, 9.17) is 0 Å². The van der Waals surface area contributed by atoms with Crippen molar-refractivity contribution in [2.75, 3.05) is 6.54 Å². The second kappa shape index (κ2) is 7.06. The van der Waals surface area contributed by atoms with Crippen molar-refractivity contribution in [1.82, 2.24) is 5.32 Å². The minimum absolute atomic E-state index is 0.156. The molecule has 2 N–H and O–H groups in total. The van der Waals surface area contributed by atoms with Crippen LogP contribution in [0.1, 0.15) is 28.8 Å². The van der Waals surface area contributed by atoms with Crippen LogP contribution in [0.3, 0.4) is 0 Å². The number of benzene rings is 2. The van der Waals surface area contributed by atoms with Gasteiger partial charge >= 0.3 is 0 Å². The van der Waals surface area contributed by atoms with Crippen molar-refractivity contribution in [2.45, 2.75) is 18.4 Å². The molecule has 3 aromatic rings. The summed E-state index contributed by atoms with van der Waals surface area (Å²) in [6.07, 6.45) is 1.99. The molecule has 0 aliphatic heterocycles. The monoisotopic (exact) mass is 363 g/mol. The Hall–Kier alpha value is -2.43. The van der Waals surface area contributed by atoms with Gasteiger partial charge in [0.15, 0.2) is 0 Å². The molecule has 0 radical (unpaired) electrons. The Kier molecular flexibility index (Phi) is 4.62. The lowest BCUT2D eigenvalue weighted by atomic mass is 9.88. The van der Waals surface area contributed by atoms with E-state index >= 15 is 0 Å². The van der Waals surface area contributed by atoms with Gasteiger partial charge < -0.3 is 10.4 Å². The Bertz CT molecular complexity index is 870. The van der Waals surface area contributed by atoms with E-state index in [0.717, 1.165) is 29.5 Å². The molecule has 4 rings (SSSR count). The summed E-state index contributed by atoms with van der Waals surface area (Å²) in [4.78, 5) is 12.5. The number of rotatable bonds is 6.